The number of pyridine rings is 1. The zero-order chi connectivity index (χ0) is 10.7. The summed E-state index contributed by atoms with van der Waals surface area (Å²) in [6, 6.07) is 1.49. The minimum Gasteiger partial charge on any atom is -0.326 e. The highest BCUT2D eigenvalue weighted by Gasteiger charge is 2.12. The van der Waals surface area contributed by atoms with Crippen LogP contribution >= 0.6 is 0 Å². The highest BCUT2D eigenvalue weighted by Crippen LogP contribution is 2.20. The van der Waals surface area contributed by atoms with Crippen molar-refractivity contribution in [3.05, 3.63) is 33.6 Å². The molecule has 76 valence electrons. The van der Waals surface area contributed by atoms with E-state index >= 15 is 0 Å². The molecule has 0 unspecified atom stereocenters. The number of nitrogens with zero attached hydrogens (tertiary/aromatic N) is 2. The van der Waals surface area contributed by atoms with Crippen molar-refractivity contribution in [3.63, 3.8) is 0 Å². The lowest BCUT2D eigenvalue weighted by molar-refractivity contribution is -0.385. The zero-order valence-electron chi connectivity index (χ0n) is 8.23. The van der Waals surface area contributed by atoms with E-state index in [1.165, 1.54) is 12.3 Å². The molecule has 1 aromatic rings. The summed E-state index contributed by atoms with van der Waals surface area (Å²) in [5.41, 5.74) is 7.07. The minimum absolute atomic E-state index is 0.00477. The Labute approximate surface area is 82.1 Å². The Bertz CT molecular complexity index is 350. The monoisotopic (exact) mass is 195 g/mol. The summed E-state index contributed by atoms with van der Waals surface area (Å²) >= 11 is 0. The molecule has 2 N–H and O–H groups in total. The van der Waals surface area contributed by atoms with Crippen molar-refractivity contribution in [1.29, 1.82) is 0 Å². The first kappa shape index (κ1) is 10.6. The Morgan fingerprint density at radius 3 is 2.71 bits per heavy atom. The third-order valence-corrected chi connectivity index (χ3v) is 1.96. The van der Waals surface area contributed by atoms with Gasteiger partial charge in [0.2, 0.25) is 0 Å². The summed E-state index contributed by atoms with van der Waals surface area (Å²) in [6.45, 7) is 4.24. The fraction of sp³-hybridized carbons (Fsp3) is 0.444. The largest absolute Gasteiger partial charge is 0.326 e. The van der Waals surface area contributed by atoms with Crippen LogP contribution in [0.2, 0.25) is 0 Å². The second-order valence-electron chi connectivity index (χ2n) is 3.35. The Morgan fingerprint density at radius 2 is 2.29 bits per heavy atom. The standard InChI is InChI=1S/C9H13N3O2/c1-6(2)9-7(4-10)3-8(5-11-9)12(13)14/h3,5-6H,4,10H2,1-2H3. The third kappa shape index (κ3) is 2.05. The lowest BCUT2D eigenvalue weighted by atomic mass is 10.0. The van der Waals surface area contributed by atoms with E-state index in [0.29, 0.717) is 0 Å². The molecule has 0 aliphatic carbocycles. The molecule has 0 saturated heterocycles. The quantitative estimate of drug-likeness (QED) is 0.586. The Kier molecular flexibility index (Phi) is 3.14. The van der Waals surface area contributed by atoms with Gasteiger partial charge in [0.05, 0.1) is 4.92 Å². The van der Waals surface area contributed by atoms with Crippen LogP contribution in [0, 0.1) is 10.1 Å². The van der Waals surface area contributed by atoms with Gasteiger partial charge in [0.1, 0.15) is 6.20 Å². The number of hydrogen-bond donors (Lipinski definition) is 1. The molecule has 0 fully saturated rings. The molecule has 1 heterocycles. The number of nitro groups is 1. The molecule has 0 saturated carbocycles. The van der Waals surface area contributed by atoms with Crippen molar-refractivity contribution < 1.29 is 4.92 Å². The van der Waals surface area contributed by atoms with Gasteiger partial charge in [-0.05, 0) is 11.5 Å². The van der Waals surface area contributed by atoms with Gasteiger partial charge in [-0.15, -0.1) is 0 Å². The van der Waals surface area contributed by atoms with Gasteiger partial charge >= 0.3 is 0 Å². The van der Waals surface area contributed by atoms with Crippen molar-refractivity contribution >= 4 is 5.69 Å². The predicted octanol–water partition coefficient (Wildman–Crippen LogP) is 1.57. The molecule has 0 atom stereocenters. The topological polar surface area (TPSA) is 82.0 Å². The smallest absolute Gasteiger partial charge is 0.287 e. The van der Waals surface area contributed by atoms with E-state index in [2.05, 4.69) is 4.98 Å². The molecule has 5 nitrogen and oxygen atoms in total. The molecule has 14 heavy (non-hydrogen) atoms. The summed E-state index contributed by atoms with van der Waals surface area (Å²) in [5.74, 6) is 0.231. The summed E-state index contributed by atoms with van der Waals surface area (Å²) in [7, 11) is 0. The Morgan fingerprint density at radius 1 is 1.64 bits per heavy atom. The first-order valence-corrected chi connectivity index (χ1v) is 4.39. The van der Waals surface area contributed by atoms with Gasteiger partial charge in [0.15, 0.2) is 0 Å². The average molecular weight is 195 g/mol. The molecule has 1 aromatic heterocycles. The van der Waals surface area contributed by atoms with Crippen molar-refractivity contribution in [2.45, 2.75) is 26.3 Å². The van der Waals surface area contributed by atoms with Crippen LogP contribution < -0.4 is 5.73 Å². The van der Waals surface area contributed by atoms with Crippen LogP contribution in [0.25, 0.3) is 0 Å². The van der Waals surface area contributed by atoms with Crippen LogP contribution in [0.4, 0.5) is 5.69 Å². The van der Waals surface area contributed by atoms with Crippen molar-refractivity contribution in [1.82, 2.24) is 4.98 Å². The summed E-state index contributed by atoms with van der Waals surface area (Å²) in [4.78, 5) is 14.1. The lowest BCUT2D eigenvalue weighted by Gasteiger charge is -2.08. The maximum absolute atomic E-state index is 10.5. The number of rotatable bonds is 3. The van der Waals surface area contributed by atoms with Crippen LogP contribution in [0.1, 0.15) is 31.0 Å². The van der Waals surface area contributed by atoms with E-state index in [1.54, 1.807) is 0 Å². The Balaban J connectivity index is 3.18. The molecule has 0 spiro atoms. The lowest BCUT2D eigenvalue weighted by Crippen LogP contribution is -2.06. The molecule has 5 heteroatoms. The maximum atomic E-state index is 10.5. The molecule has 0 aliphatic rings. The molecule has 0 radical (unpaired) electrons. The van der Waals surface area contributed by atoms with E-state index in [1.807, 2.05) is 13.8 Å². The number of aromatic nitrogens is 1. The molecule has 0 aliphatic heterocycles. The Hall–Kier alpha value is -1.49. The highest BCUT2D eigenvalue weighted by atomic mass is 16.6. The first-order chi connectivity index (χ1) is 6.56. The maximum Gasteiger partial charge on any atom is 0.287 e. The summed E-state index contributed by atoms with van der Waals surface area (Å²) in [5, 5.41) is 10.5. The van der Waals surface area contributed by atoms with Crippen LogP contribution in [0.5, 0.6) is 0 Å². The normalized spacial score (nSPS) is 10.6. The third-order valence-electron chi connectivity index (χ3n) is 1.96. The van der Waals surface area contributed by atoms with Gasteiger partial charge in [-0.25, -0.2) is 0 Å². The van der Waals surface area contributed by atoms with Crippen molar-refractivity contribution in [2.24, 2.45) is 5.73 Å². The van der Waals surface area contributed by atoms with Gasteiger partial charge in [-0.3, -0.25) is 15.1 Å². The predicted molar refractivity (Wildman–Crippen MR) is 52.9 cm³/mol. The van der Waals surface area contributed by atoms with E-state index < -0.39 is 4.92 Å². The van der Waals surface area contributed by atoms with Crippen LogP contribution in [0.3, 0.4) is 0 Å². The molecule has 0 bridgehead atoms. The van der Waals surface area contributed by atoms with Gasteiger partial charge in [0, 0.05) is 18.3 Å². The van der Waals surface area contributed by atoms with Crippen LogP contribution in [-0.2, 0) is 6.54 Å². The first-order valence-electron chi connectivity index (χ1n) is 4.39. The highest BCUT2D eigenvalue weighted by molar-refractivity contribution is 5.35. The SMILES string of the molecule is CC(C)c1ncc([N+](=O)[O-])cc1CN. The van der Waals surface area contributed by atoms with Gasteiger partial charge in [0.25, 0.3) is 5.69 Å². The molecule has 1 rings (SSSR count). The second-order valence-corrected chi connectivity index (χ2v) is 3.35. The van der Waals surface area contributed by atoms with Gasteiger partial charge in [-0.2, -0.15) is 0 Å². The average Bonchev–Trinajstić information content (AvgIpc) is 2.16. The van der Waals surface area contributed by atoms with Gasteiger partial charge in [-0.1, -0.05) is 13.8 Å². The minimum atomic E-state index is -0.462. The molecule has 0 aromatic carbocycles. The fourth-order valence-electron chi connectivity index (χ4n) is 1.29. The molecule has 0 amide bonds. The summed E-state index contributed by atoms with van der Waals surface area (Å²) < 4.78 is 0. The van der Waals surface area contributed by atoms with E-state index in [4.69, 9.17) is 5.73 Å². The summed E-state index contributed by atoms with van der Waals surface area (Å²) in [6.07, 6.45) is 1.27. The van der Waals surface area contributed by atoms with Crippen LogP contribution in [-0.4, -0.2) is 9.91 Å². The number of nitrogens with two attached hydrogens (primary N) is 1. The van der Waals surface area contributed by atoms with Gasteiger partial charge < -0.3 is 5.73 Å². The second kappa shape index (κ2) is 4.15. The van der Waals surface area contributed by atoms with Crippen molar-refractivity contribution in [2.75, 3.05) is 0 Å². The molecular weight excluding hydrogens is 182 g/mol. The van der Waals surface area contributed by atoms with Crippen LogP contribution in [0.15, 0.2) is 12.3 Å². The molecular formula is C9H13N3O2. The van der Waals surface area contributed by atoms with E-state index in [-0.39, 0.29) is 18.2 Å². The fourth-order valence-corrected chi connectivity index (χ4v) is 1.29. The van der Waals surface area contributed by atoms with Crippen molar-refractivity contribution in [3.8, 4) is 0 Å². The van der Waals surface area contributed by atoms with E-state index in [9.17, 15) is 10.1 Å². The zero-order valence-corrected chi connectivity index (χ0v) is 8.23. The number of hydrogen-bond acceptors (Lipinski definition) is 4. The van der Waals surface area contributed by atoms with E-state index in [0.717, 1.165) is 11.3 Å².